The van der Waals surface area contributed by atoms with E-state index < -0.39 is 20.1 Å². The standard InChI is InChI=1S/C12H24O4Si/c1-9(2)12(14)16-8-11(13)7-15-10(3)17(4,5)6/h10-11,13H,1,7-8H2,2-6H3. The second-order valence-corrected chi connectivity index (χ2v) is 10.9. The summed E-state index contributed by atoms with van der Waals surface area (Å²) in [7, 11) is -1.35. The van der Waals surface area contributed by atoms with Crippen LogP contribution >= 0.6 is 0 Å². The van der Waals surface area contributed by atoms with Crippen molar-refractivity contribution >= 4 is 14.0 Å². The van der Waals surface area contributed by atoms with Crippen LogP contribution in [0.5, 0.6) is 0 Å². The summed E-state index contributed by atoms with van der Waals surface area (Å²) in [5, 5.41) is 9.58. The summed E-state index contributed by atoms with van der Waals surface area (Å²) >= 11 is 0. The number of hydrogen-bond acceptors (Lipinski definition) is 4. The fraction of sp³-hybridized carbons (Fsp3) is 0.750. The molecule has 0 heterocycles. The van der Waals surface area contributed by atoms with Gasteiger partial charge in [0.25, 0.3) is 0 Å². The smallest absolute Gasteiger partial charge is 0.333 e. The van der Waals surface area contributed by atoms with E-state index in [1.165, 1.54) is 0 Å². The van der Waals surface area contributed by atoms with Gasteiger partial charge in [0.15, 0.2) is 0 Å². The third-order valence-corrected chi connectivity index (χ3v) is 5.12. The highest BCUT2D eigenvalue weighted by Crippen LogP contribution is 2.11. The first kappa shape index (κ1) is 16.3. The van der Waals surface area contributed by atoms with Gasteiger partial charge in [0.2, 0.25) is 0 Å². The van der Waals surface area contributed by atoms with Gasteiger partial charge in [-0.1, -0.05) is 26.2 Å². The molecule has 0 spiro atoms. The number of carbonyl (C=O) groups excluding carboxylic acids is 1. The van der Waals surface area contributed by atoms with Gasteiger partial charge in [0.1, 0.15) is 12.7 Å². The van der Waals surface area contributed by atoms with Crippen molar-refractivity contribution in [1.29, 1.82) is 0 Å². The second kappa shape index (κ2) is 6.93. The Hall–Kier alpha value is -0.653. The fourth-order valence-corrected chi connectivity index (χ4v) is 1.44. The fourth-order valence-electron chi connectivity index (χ4n) is 0.849. The van der Waals surface area contributed by atoms with Gasteiger partial charge < -0.3 is 14.6 Å². The van der Waals surface area contributed by atoms with Crippen LogP contribution in [0.1, 0.15) is 13.8 Å². The lowest BCUT2D eigenvalue weighted by atomic mass is 10.3. The molecular weight excluding hydrogens is 236 g/mol. The Morgan fingerprint density at radius 1 is 1.35 bits per heavy atom. The molecule has 0 bridgehead atoms. The molecule has 2 unspecified atom stereocenters. The van der Waals surface area contributed by atoms with Gasteiger partial charge in [0.05, 0.1) is 14.7 Å². The van der Waals surface area contributed by atoms with Gasteiger partial charge in [-0.05, 0) is 13.8 Å². The predicted molar refractivity (Wildman–Crippen MR) is 70.5 cm³/mol. The van der Waals surface area contributed by atoms with Crippen LogP contribution in [0.3, 0.4) is 0 Å². The minimum absolute atomic E-state index is 0.0515. The van der Waals surface area contributed by atoms with Crippen LogP contribution in [0, 0.1) is 0 Å². The lowest BCUT2D eigenvalue weighted by molar-refractivity contribution is -0.143. The molecule has 5 heteroatoms. The van der Waals surface area contributed by atoms with E-state index in [1.54, 1.807) is 6.92 Å². The van der Waals surface area contributed by atoms with Gasteiger partial charge in [-0.25, -0.2) is 4.79 Å². The van der Waals surface area contributed by atoms with Crippen LogP contribution in [-0.2, 0) is 14.3 Å². The van der Waals surface area contributed by atoms with Gasteiger partial charge in [-0.3, -0.25) is 0 Å². The minimum atomic E-state index is -1.35. The summed E-state index contributed by atoms with van der Waals surface area (Å²) in [4.78, 5) is 11.1. The largest absolute Gasteiger partial charge is 0.460 e. The van der Waals surface area contributed by atoms with E-state index in [9.17, 15) is 9.90 Å². The van der Waals surface area contributed by atoms with Gasteiger partial charge in [0, 0.05) is 11.3 Å². The molecule has 1 N–H and O–H groups in total. The Bertz CT molecular complexity index is 270. The van der Waals surface area contributed by atoms with E-state index in [0.29, 0.717) is 5.57 Å². The van der Waals surface area contributed by atoms with E-state index in [-0.39, 0.29) is 18.9 Å². The molecule has 4 nitrogen and oxygen atoms in total. The van der Waals surface area contributed by atoms with E-state index in [0.717, 1.165) is 0 Å². The number of ether oxygens (including phenoxy) is 2. The topological polar surface area (TPSA) is 55.8 Å². The Labute approximate surface area is 105 Å². The van der Waals surface area contributed by atoms with E-state index >= 15 is 0 Å². The summed E-state index contributed by atoms with van der Waals surface area (Å²) in [6, 6.07) is 0. The molecule has 0 radical (unpaired) electrons. The molecule has 0 aromatic rings. The van der Waals surface area contributed by atoms with Crippen LogP contribution in [0.2, 0.25) is 19.6 Å². The first-order chi connectivity index (χ1) is 7.64. The average molecular weight is 260 g/mol. The number of carbonyl (C=O) groups is 1. The predicted octanol–water partition coefficient (Wildman–Crippen LogP) is 1.75. The van der Waals surface area contributed by atoms with Crippen LogP contribution in [-0.4, -0.2) is 44.2 Å². The zero-order chi connectivity index (χ0) is 13.6. The van der Waals surface area contributed by atoms with Crippen molar-refractivity contribution < 1.29 is 19.4 Å². The molecule has 2 atom stereocenters. The normalized spacial score (nSPS) is 15.2. The molecule has 0 saturated heterocycles. The maximum atomic E-state index is 11.1. The summed E-state index contributed by atoms with van der Waals surface area (Å²) in [5.41, 5.74) is 0.488. The zero-order valence-corrected chi connectivity index (χ0v) is 12.4. The second-order valence-electron chi connectivity index (χ2n) is 5.37. The van der Waals surface area contributed by atoms with E-state index in [2.05, 4.69) is 26.2 Å². The zero-order valence-electron chi connectivity index (χ0n) is 11.4. The Kier molecular flexibility index (Phi) is 6.67. The monoisotopic (exact) mass is 260 g/mol. The SMILES string of the molecule is C=C(C)C(=O)OCC(O)COC(C)[Si](C)(C)C. The van der Waals surface area contributed by atoms with Crippen molar-refractivity contribution in [3.05, 3.63) is 12.2 Å². The summed E-state index contributed by atoms with van der Waals surface area (Å²) in [6.07, 6.45) is -0.780. The third-order valence-electron chi connectivity index (χ3n) is 2.51. The maximum Gasteiger partial charge on any atom is 0.333 e. The molecule has 0 rings (SSSR count). The highest BCUT2D eigenvalue weighted by molar-refractivity contribution is 6.77. The van der Waals surface area contributed by atoms with E-state index in [1.807, 2.05) is 6.92 Å². The van der Waals surface area contributed by atoms with E-state index in [4.69, 9.17) is 9.47 Å². The third kappa shape index (κ3) is 7.30. The number of hydrogen-bond donors (Lipinski definition) is 1. The van der Waals surface area contributed by atoms with Crippen LogP contribution in [0.15, 0.2) is 12.2 Å². The molecule has 0 amide bonds. The first-order valence-electron chi connectivity index (χ1n) is 5.77. The molecule has 0 saturated carbocycles. The molecule has 0 aliphatic heterocycles. The minimum Gasteiger partial charge on any atom is -0.460 e. The van der Waals surface area contributed by atoms with Crippen molar-refractivity contribution in [2.75, 3.05) is 13.2 Å². The molecule has 0 aliphatic rings. The van der Waals surface area contributed by atoms with Gasteiger partial charge in [-0.2, -0.15) is 0 Å². The number of rotatable bonds is 7. The number of aliphatic hydroxyl groups excluding tert-OH is 1. The highest BCUT2D eigenvalue weighted by Gasteiger charge is 2.24. The van der Waals surface area contributed by atoms with Crippen molar-refractivity contribution in [3.8, 4) is 0 Å². The van der Waals surface area contributed by atoms with Crippen molar-refractivity contribution in [2.45, 2.75) is 45.3 Å². The summed E-state index contributed by atoms with van der Waals surface area (Å²) < 4.78 is 10.4. The molecular formula is C12H24O4Si. The lowest BCUT2D eigenvalue weighted by Gasteiger charge is -2.26. The van der Waals surface area contributed by atoms with Crippen LogP contribution < -0.4 is 0 Å². The first-order valence-corrected chi connectivity index (χ1v) is 9.34. The molecule has 0 aromatic heterocycles. The van der Waals surface area contributed by atoms with Gasteiger partial charge >= 0.3 is 5.97 Å². The summed E-state index contributed by atoms with van der Waals surface area (Å²) in [5.74, 6) is -0.484. The van der Waals surface area contributed by atoms with Gasteiger partial charge in [-0.15, -0.1) is 0 Å². The van der Waals surface area contributed by atoms with Crippen molar-refractivity contribution in [2.24, 2.45) is 0 Å². The molecule has 17 heavy (non-hydrogen) atoms. The number of esters is 1. The quantitative estimate of drug-likeness (QED) is 0.430. The Balaban J connectivity index is 3.85. The number of aliphatic hydroxyl groups is 1. The molecule has 100 valence electrons. The maximum absolute atomic E-state index is 11.1. The Morgan fingerprint density at radius 3 is 2.29 bits per heavy atom. The summed E-state index contributed by atoms with van der Waals surface area (Å²) in [6.45, 7) is 13.8. The highest BCUT2D eigenvalue weighted by atomic mass is 28.3. The molecule has 0 fully saturated rings. The molecule has 0 aliphatic carbocycles. The van der Waals surface area contributed by atoms with Crippen LogP contribution in [0.4, 0.5) is 0 Å². The lowest BCUT2D eigenvalue weighted by Crippen LogP contribution is -2.40. The van der Waals surface area contributed by atoms with Crippen LogP contribution in [0.25, 0.3) is 0 Å². The van der Waals surface area contributed by atoms with Crippen molar-refractivity contribution in [1.82, 2.24) is 0 Å². The Morgan fingerprint density at radius 2 is 1.88 bits per heavy atom. The molecule has 0 aromatic carbocycles. The van der Waals surface area contributed by atoms with Crippen molar-refractivity contribution in [3.63, 3.8) is 0 Å². The average Bonchev–Trinajstić information content (AvgIpc) is 2.20.